The Labute approximate surface area is 123 Å². The maximum Gasteiger partial charge on any atom is 0.280 e. The van der Waals surface area contributed by atoms with Gasteiger partial charge in [-0.05, 0) is 12.8 Å². The summed E-state index contributed by atoms with van der Waals surface area (Å²) >= 11 is 0. The number of aromatic amines is 1. The lowest BCUT2D eigenvalue weighted by Gasteiger charge is -2.27. The smallest absolute Gasteiger partial charge is 0.280 e. The number of hydrogen-bond acceptors (Lipinski definition) is 2. The molecule has 0 radical (unpaired) electrons. The molecule has 0 aliphatic rings. The van der Waals surface area contributed by atoms with Crippen LogP contribution in [0.5, 0.6) is 0 Å². The minimum atomic E-state index is -0.117. The number of nitrogens with one attached hydrogen (secondary N) is 1. The fourth-order valence-corrected chi connectivity index (χ4v) is 2.84. The summed E-state index contributed by atoms with van der Waals surface area (Å²) in [4.78, 5) is 11.3. The Balaban J connectivity index is 2.59. The van der Waals surface area contributed by atoms with Crippen LogP contribution in [-0.2, 0) is 5.41 Å². The summed E-state index contributed by atoms with van der Waals surface area (Å²) in [5, 5.41) is 2.45. The van der Waals surface area contributed by atoms with Gasteiger partial charge in [0.15, 0.2) is 0 Å². The van der Waals surface area contributed by atoms with Crippen LogP contribution < -0.4 is 5.56 Å². The van der Waals surface area contributed by atoms with Gasteiger partial charge in [0.05, 0.1) is 0 Å². The lowest BCUT2D eigenvalue weighted by Crippen LogP contribution is -2.21. The Morgan fingerprint density at radius 3 is 1.95 bits per heavy atom. The van der Waals surface area contributed by atoms with E-state index in [9.17, 15) is 4.79 Å². The zero-order valence-corrected chi connectivity index (χ0v) is 13.5. The Bertz CT molecular complexity index is 393. The molecule has 0 atom stereocenters. The number of hydrogen-bond donors (Lipinski definition) is 1. The number of H-pyrrole nitrogens is 1. The van der Waals surface area contributed by atoms with E-state index in [-0.39, 0.29) is 11.0 Å². The van der Waals surface area contributed by atoms with Crippen LogP contribution >= 0.6 is 0 Å². The van der Waals surface area contributed by atoms with Crippen molar-refractivity contribution in [2.45, 2.75) is 90.4 Å². The third kappa shape index (κ3) is 5.56. The summed E-state index contributed by atoms with van der Waals surface area (Å²) in [6.45, 7) is 6.71. The molecule has 1 rings (SSSR count). The molecular weight excluding hydrogens is 250 g/mol. The summed E-state index contributed by atoms with van der Waals surface area (Å²) in [5.41, 5.74) is -0.103. The molecule has 20 heavy (non-hydrogen) atoms. The highest BCUT2D eigenvalue weighted by Gasteiger charge is 2.29. The highest BCUT2D eigenvalue weighted by atomic mass is 16.5. The molecule has 3 heteroatoms. The van der Waals surface area contributed by atoms with Gasteiger partial charge >= 0.3 is 0 Å². The second kappa shape index (κ2) is 9.04. The van der Waals surface area contributed by atoms with Gasteiger partial charge in [-0.25, -0.2) is 0 Å². The van der Waals surface area contributed by atoms with Gasteiger partial charge < -0.3 is 4.52 Å². The van der Waals surface area contributed by atoms with Crippen LogP contribution in [0.4, 0.5) is 0 Å². The predicted octanol–water partition coefficient (Wildman–Crippen LogP) is 5.17. The molecule has 1 aromatic heterocycles. The standard InChI is InChI=1S/C17H31NO2/c1-4-6-8-10-12-17(3,13-11-9-7-5-2)15-14-16(19)18-20-15/h14H,4-13H2,1-3H3,(H,18,19). The van der Waals surface area contributed by atoms with Gasteiger partial charge in [-0.1, -0.05) is 72.1 Å². The molecule has 0 aliphatic heterocycles. The van der Waals surface area contributed by atoms with Crippen LogP contribution in [0.25, 0.3) is 0 Å². The molecule has 0 spiro atoms. The molecule has 116 valence electrons. The van der Waals surface area contributed by atoms with E-state index in [0.29, 0.717) is 0 Å². The summed E-state index contributed by atoms with van der Waals surface area (Å²) in [7, 11) is 0. The lowest BCUT2D eigenvalue weighted by molar-refractivity contribution is 0.262. The molecule has 3 nitrogen and oxygen atoms in total. The van der Waals surface area contributed by atoms with E-state index in [2.05, 4.69) is 25.9 Å². The van der Waals surface area contributed by atoms with Crippen molar-refractivity contribution in [3.8, 4) is 0 Å². The molecule has 1 heterocycles. The van der Waals surface area contributed by atoms with Gasteiger partial charge in [-0.3, -0.25) is 4.79 Å². The van der Waals surface area contributed by atoms with Gasteiger partial charge in [0.2, 0.25) is 0 Å². The van der Waals surface area contributed by atoms with Crippen molar-refractivity contribution < 1.29 is 4.52 Å². The second-order valence-electron chi connectivity index (χ2n) is 6.26. The Morgan fingerprint density at radius 2 is 1.55 bits per heavy atom. The molecule has 0 saturated heterocycles. The van der Waals surface area contributed by atoms with Gasteiger partial charge in [-0.2, -0.15) is 5.16 Å². The molecule has 0 aromatic carbocycles. The van der Waals surface area contributed by atoms with Crippen LogP contribution in [-0.4, -0.2) is 5.16 Å². The molecule has 1 N–H and O–H groups in total. The van der Waals surface area contributed by atoms with Crippen LogP contribution in [0.2, 0.25) is 0 Å². The Kier molecular flexibility index (Phi) is 7.71. The normalized spacial score (nSPS) is 11.9. The first-order valence-corrected chi connectivity index (χ1v) is 8.31. The van der Waals surface area contributed by atoms with E-state index in [1.165, 1.54) is 51.4 Å². The summed E-state index contributed by atoms with van der Waals surface area (Å²) in [6.07, 6.45) is 12.3. The van der Waals surface area contributed by atoms with Crippen LogP contribution in [0.15, 0.2) is 15.4 Å². The first-order valence-electron chi connectivity index (χ1n) is 8.31. The maximum atomic E-state index is 11.3. The first kappa shape index (κ1) is 17.1. The number of aromatic nitrogens is 1. The summed E-state index contributed by atoms with van der Waals surface area (Å²) in [6, 6.07) is 1.64. The van der Waals surface area contributed by atoms with Crippen molar-refractivity contribution in [1.29, 1.82) is 0 Å². The van der Waals surface area contributed by atoms with Crippen LogP contribution in [0.1, 0.15) is 90.7 Å². The van der Waals surface area contributed by atoms with E-state index < -0.39 is 0 Å². The number of rotatable bonds is 11. The fraction of sp³-hybridized carbons (Fsp3) is 0.824. The maximum absolute atomic E-state index is 11.3. The highest BCUT2D eigenvalue weighted by Crippen LogP contribution is 2.34. The van der Waals surface area contributed by atoms with Crippen LogP contribution in [0, 0.1) is 0 Å². The van der Waals surface area contributed by atoms with E-state index in [1.807, 2.05) is 0 Å². The fourth-order valence-electron chi connectivity index (χ4n) is 2.84. The SMILES string of the molecule is CCCCCCC(C)(CCCCCC)c1cc(=O)[nH]o1. The molecule has 0 saturated carbocycles. The molecular formula is C17H31NO2. The minimum Gasteiger partial charge on any atom is -0.383 e. The van der Waals surface area contributed by atoms with Gasteiger partial charge in [0.25, 0.3) is 5.56 Å². The molecule has 0 aliphatic carbocycles. The average Bonchev–Trinajstić information content (AvgIpc) is 2.87. The van der Waals surface area contributed by atoms with E-state index in [0.717, 1.165) is 18.6 Å². The lowest BCUT2D eigenvalue weighted by atomic mass is 9.77. The molecule has 0 fully saturated rings. The zero-order valence-electron chi connectivity index (χ0n) is 13.5. The topological polar surface area (TPSA) is 46.0 Å². The quantitative estimate of drug-likeness (QED) is 0.569. The predicted molar refractivity (Wildman–Crippen MR) is 84.2 cm³/mol. The average molecular weight is 281 g/mol. The van der Waals surface area contributed by atoms with E-state index in [1.54, 1.807) is 6.07 Å². The summed E-state index contributed by atoms with van der Waals surface area (Å²) in [5.74, 6) is 0.843. The van der Waals surface area contributed by atoms with Crippen molar-refractivity contribution in [2.75, 3.05) is 0 Å². The third-order valence-corrected chi connectivity index (χ3v) is 4.28. The molecule has 1 aromatic rings. The zero-order chi connectivity index (χ0) is 14.8. The first-order chi connectivity index (χ1) is 9.62. The van der Waals surface area contributed by atoms with Crippen molar-refractivity contribution in [3.63, 3.8) is 0 Å². The van der Waals surface area contributed by atoms with Gasteiger partial charge in [0, 0.05) is 11.5 Å². The second-order valence-corrected chi connectivity index (χ2v) is 6.26. The largest absolute Gasteiger partial charge is 0.383 e. The Hall–Kier alpha value is -0.990. The molecule has 0 amide bonds. The highest BCUT2D eigenvalue weighted by molar-refractivity contribution is 5.10. The van der Waals surface area contributed by atoms with Gasteiger partial charge in [-0.15, -0.1) is 0 Å². The van der Waals surface area contributed by atoms with E-state index >= 15 is 0 Å². The molecule has 0 bridgehead atoms. The molecule has 0 unspecified atom stereocenters. The Morgan fingerprint density at radius 1 is 1.00 bits per heavy atom. The van der Waals surface area contributed by atoms with Crippen molar-refractivity contribution in [2.24, 2.45) is 0 Å². The van der Waals surface area contributed by atoms with Crippen LogP contribution in [0.3, 0.4) is 0 Å². The van der Waals surface area contributed by atoms with Crippen molar-refractivity contribution in [3.05, 3.63) is 22.2 Å². The monoisotopic (exact) mass is 281 g/mol. The summed E-state index contributed by atoms with van der Waals surface area (Å²) < 4.78 is 5.41. The van der Waals surface area contributed by atoms with Gasteiger partial charge in [0.1, 0.15) is 5.76 Å². The third-order valence-electron chi connectivity index (χ3n) is 4.28. The minimum absolute atomic E-state index is 0.0145. The van der Waals surface area contributed by atoms with E-state index in [4.69, 9.17) is 4.52 Å². The van der Waals surface area contributed by atoms with Crippen molar-refractivity contribution in [1.82, 2.24) is 5.16 Å². The number of unbranched alkanes of at least 4 members (excludes halogenated alkanes) is 6. The van der Waals surface area contributed by atoms with Crippen molar-refractivity contribution >= 4 is 0 Å².